The zero-order valence-corrected chi connectivity index (χ0v) is 15.7. The number of hydrogen-bond acceptors (Lipinski definition) is 5. The summed E-state index contributed by atoms with van der Waals surface area (Å²) in [6.45, 7) is 0. The van der Waals surface area contributed by atoms with Gasteiger partial charge in [-0.25, -0.2) is 18.4 Å². The van der Waals surface area contributed by atoms with E-state index in [0.717, 1.165) is 18.9 Å². The molecule has 0 aromatic heterocycles. The van der Waals surface area contributed by atoms with Gasteiger partial charge in [-0.3, -0.25) is 4.79 Å². The zero-order chi connectivity index (χ0) is 19.6. The molecule has 1 atom stereocenters. The molecule has 1 saturated carbocycles. The van der Waals surface area contributed by atoms with Gasteiger partial charge in [0.05, 0.1) is 10.6 Å². The molecule has 1 aliphatic carbocycles. The normalized spacial score (nSPS) is 15.0. The van der Waals surface area contributed by atoms with Crippen molar-refractivity contribution in [3.05, 3.63) is 64.7 Å². The minimum Gasteiger partial charge on any atom is -0.444 e. The number of benzene rings is 2. The molecule has 1 fully saturated rings. The second kappa shape index (κ2) is 7.67. The van der Waals surface area contributed by atoms with Gasteiger partial charge in [0, 0.05) is 11.6 Å². The molecule has 1 aliphatic rings. The Balaban J connectivity index is 1.87. The van der Waals surface area contributed by atoms with Gasteiger partial charge >= 0.3 is 5.97 Å². The number of nitrogens with one attached hydrogen (secondary N) is 1. The number of carbonyl (C=O) groups is 2. The predicted molar refractivity (Wildman–Crippen MR) is 98.6 cm³/mol. The van der Waals surface area contributed by atoms with Gasteiger partial charge in [0.25, 0.3) is 5.91 Å². The number of amides is 1. The van der Waals surface area contributed by atoms with Crippen LogP contribution in [0, 0.1) is 0 Å². The molecular weight excluding hydrogens is 392 g/mol. The Bertz CT molecular complexity index is 975. The van der Waals surface area contributed by atoms with Crippen molar-refractivity contribution in [1.29, 1.82) is 0 Å². The van der Waals surface area contributed by atoms with Crippen LogP contribution in [0.3, 0.4) is 0 Å². The maximum atomic E-state index is 12.5. The first-order valence-corrected chi connectivity index (χ1v) is 10.1. The highest BCUT2D eigenvalue weighted by Gasteiger charge is 2.31. The third kappa shape index (κ3) is 4.85. The summed E-state index contributed by atoms with van der Waals surface area (Å²) in [5.41, 5.74) is 0.424. The van der Waals surface area contributed by atoms with E-state index in [1.54, 1.807) is 30.3 Å². The van der Waals surface area contributed by atoms with Crippen LogP contribution < -0.4 is 10.5 Å². The number of primary sulfonamides is 1. The lowest BCUT2D eigenvalue weighted by atomic mass is 10.1. The van der Waals surface area contributed by atoms with Crippen LogP contribution in [0.1, 0.15) is 34.9 Å². The zero-order valence-electron chi connectivity index (χ0n) is 14.1. The van der Waals surface area contributed by atoms with Crippen molar-refractivity contribution in [2.24, 2.45) is 5.14 Å². The fraction of sp³-hybridized carbons (Fsp3) is 0.222. The third-order valence-corrected chi connectivity index (χ3v) is 5.35. The molecule has 0 bridgehead atoms. The Morgan fingerprint density at radius 2 is 1.81 bits per heavy atom. The summed E-state index contributed by atoms with van der Waals surface area (Å²) < 4.78 is 28.6. The van der Waals surface area contributed by atoms with Gasteiger partial charge in [-0.05, 0) is 31.0 Å². The average molecular weight is 409 g/mol. The quantitative estimate of drug-likeness (QED) is 0.710. The summed E-state index contributed by atoms with van der Waals surface area (Å²) in [6.07, 6.45) is 0.611. The number of hydrogen-bond donors (Lipinski definition) is 2. The van der Waals surface area contributed by atoms with Gasteiger partial charge in [0.1, 0.15) is 4.90 Å². The van der Waals surface area contributed by atoms with Crippen LogP contribution in [0.15, 0.2) is 53.4 Å². The summed E-state index contributed by atoms with van der Waals surface area (Å²) in [5, 5.41) is 7.79. The minimum absolute atomic E-state index is 0.0800. The first-order chi connectivity index (χ1) is 12.8. The molecule has 3 rings (SSSR count). The van der Waals surface area contributed by atoms with Crippen molar-refractivity contribution in [2.75, 3.05) is 0 Å². The van der Waals surface area contributed by atoms with Crippen LogP contribution in [-0.4, -0.2) is 26.3 Å². The van der Waals surface area contributed by atoms with Gasteiger partial charge in [0.15, 0.2) is 0 Å². The molecule has 0 spiro atoms. The van der Waals surface area contributed by atoms with E-state index in [-0.39, 0.29) is 16.6 Å². The lowest BCUT2D eigenvalue weighted by Gasteiger charge is -2.18. The Morgan fingerprint density at radius 1 is 1.15 bits per heavy atom. The largest absolute Gasteiger partial charge is 0.444 e. The van der Waals surface area contributed by atoms with E-state index in [1.807, 2.05) is 0 Å². The fourth-order valence-corrected chi connectivity index (χ4v) is 3.50. The maximum absolute atomic E-state index is 12.5. The van der Waals surface area contributed by atoms with Crippen molar-refractivity contribution in [3.8, 4) is 0 Å². The maximum Gasteiger partial charge on any atom is 0.339 e. The number of esters is 1. The molecule has 142 valence electrons. The van der Waals surface area contributed by atoms with Crippen LogP contribution in [-0.2, 0) is 19.6 Å². The van der Waals surface area contributed by atoms with Gasteiger partial charge in [-0.15, -0.1) is 0 Å². The predicted octanol–water partition coefficient (Wildman–Crippen LogP) is 2.16. The number of carbonyl (C=O) groups excluding carboxylic acids is 2. The molecule has 3 N–H and O–H groups in total. The van der Waals surface area contributed by atoms with Gasteiger partial charge in [-0.1, -0.05) is 41.9 Å². The van der Waals surface area contributed by atoms with Crippen molar-refractivity contribution in [1.82, 2.24) is 5.32 Å². The highest BCUT2D eigenvalue weighted by Crippen LogP contribution is 2.26. The molecule has 2 aromatic rings. The highest BCUT2D eigenvalue weighted by atomic mass is 35.5. The Hall–Kier alpha value is -2.42. The molecule has 7 nitrogen and oxygen atoms in total. The van der Waals surface area contributed by atoms with Crippen molar-refractivity contribution >= 4 is 33.5 Å². The number of halogens is 1. The van der Waals surface area contributed by atoms with E-state index < -0.39 is 32.9 Å². The standard InChI is InChI=1S/C18H17ClN2O5S/c19-14-9-6-12(10-15(14)27(20,24)25)18(23)26-16(11-4-2-1-3-5-11)17(22)21-13-7-8-13/h1-6,9-10,13,16H,7-8H2,(H,21,22)(H2,20,24,25)/t16-/m1/s1. The van der Waals surface area contributed by atoms with Crippen LogP contribution in [0.2, 0.25) is 5.02 Å². The monoisotopic (exact) mass is 408 g/mol. The first-order valence-electron chi connectivity index (χ1n) is 8.14. The first kappa shape index (κ1) is 19.3. The molecule has 1 amide bonds. The second-order valence-electron chi connectivity index (χ2n) is 6.17. The van der Waals surface area contributed by atoms with Crippen LogP contribution >= 0.6 is 11.6 Å². The Kier molecular flexibility index (Phi) is 5.50. The fourth-order valence-electron chi connectivity index (χ4n) is 2.43. The molecule has 0 radical (unpaired) electrons. The Morgan fingerprint density at radius 3 is 2.41 bits per heavy atom. The van der Waals surface area contributed by atoms with E-state index in [9.17, 15) is 18.0 Å². The summed E-state index contributed by atoms with van der Waals surface area (Å²) in [7, 11) is -4.11. The van der Waals surface area contributed by atoms with E-state index in [0.29, 0.717) is 5.56 Å². The molecule has 0 saturated heterocycles. The highest BCUT2D eigenvalue weighted by molar-refractivity contribution is 7.89. The number of ether oxygens (including phenoxy) is 1. The van der Waals surface area contributed by atoms with Crippen LogP contribution in [0.5, 0.6) is 0 Å². The molecule has 0 aliphatic heterocycles. The topological polar surface area (TPSA) is 116 Å². The van der Waals surface area contributed by atoms with Gasteiger partial charge in [-0.2, -0.15) is 0 Å². The SMILES string of the molecule is NS(=O)(=O)c1cc(C(=O)O[C@@H](C(=O)NC2CC2)c2ccccc2)ccc1Cl. The number of rotatable bonds is 6. The molecule has 0 unspecified atom stereocenters. The second-order valence-corrected chi connectivity index (χ2v) is 8.11. The van der Waals surface area contributed by atoms with E-state index >= 15 is 0 Å². The van der Waals surface area contributed by atoms with Gasteiger partial charge in [0.2, 0.25) is 16.1 Å². The summed E-state index contributed by atoms with van der Waals surface area (Å²) >= 11 is 5.83. The molecule has 9 heteroatoms. The summed E-state index contributed by atoms with van der Waals surface area (Å²) in [6, 6.07) is 12.2. The minimum atomic E-state index is -4.11. The third-order valence-electron chi connectivity index (χ3n) is 3.96. The summed E-state index contributed by atoms with van der Waals surface area (Å²) in [5.74, 6) is -1.30. The van der Waals surface area contributed by atoms with Crippen molar-refractivity contribution in [2.45, 2.75) is 29.9 Å². The van der Waals surface area contributed by atoms with E-state index in [2.05, 4.69) is 5.32 Å². The average Bonchev–Trinajstić information content (AvgIpc) is 3.43. The van der Waals surface area contributed by atoms with E-state index in [1.165, 1.54) is 12.1 Å². The lowest BCUT2D eigenvalue weighted by Crippen LogP contribution is -2.33. The molecule has 2 aromatic carbocycles. The van der Waals surface area contributed by atoms with Crippen molar-refractivity contribution in [3.63, 3.8) is 0 Å². The lowest BCUT2D eigenvalue weighted by molar-refractivity contribution is -0.130. The van der Waals surface area contributed by atoms with Crippen molar-refractivity contribution < 1.29 is 22.7 Å². The van der Waals surface area contributed by atoms with Crippen LogP contribution in [0.25, 0.3) is 0 Å². The van der Waals surface area contributed by atoms with E-state index in [4.69, 9.17) is 21.5 Å². The smallest absolute Gasteiger partial charge is 0.339 e. The molecular formula is C18H17ClN2O5S. The number of sulfonamides is 1. The van der Waals surface area contributed by atoms with Gasteiger partial charge < -0.3 is 10.1 Å². The summed E-state index contributed by atoms with van der Waals surface area (Å²) in [4.78, 5) is 24.7. The molecule has 27 heavy (non-hydrogen) atoms. The Labute approximate surface area is 161 Å². The number of nitrogens with two attached hydrogens (primary N) is 1. The molecule has 0 heterocycles. The van der Waals surface area contributed by atoms with Crippen LogP contribution in [0.4, 0.5) is 0 Å².